The van der Waals surface area contributed by atoms with Gasteiger partial charge >= 0.3 is 5.97 Å². The van der Waals surface area contributed by atoms with Crippen molar-refractivity contribution in [3.8, 4) is 16.8 Å². The summed E-state index contributed by atoms with van der Waals surface area (Å²) >= 11 is 0. The molecule has 1 saturated carbocycles. The van der Waals surface area contributed by atoms with E-state index in [4.69, 9.17) is 0 Å². The van der Waals surface area contributed by atoms with Gasteiger partial charge in [0.15, 0.2) is 0 Å². The first kappa shape index (κ1) is 28.3. The number of nitrogens with zero attached hydrogens (tertiary/aromatic N) is 2. The van der Waals surface area contributed by atoms with Crippen LogP contribution in [0.1, 0.15) is 55.3 Å². The van der Waals surface area contributed by atoms with Gasteiger partial charge in [0.2, 0.25) is 5.91 Å². The largest absolute Gasteiger partial charge is 0.478 e. The van der Waals surface area contributed by atoms with Crippen LogP contribution in [0.2, 0.25) is 0 Å². The van der Waals surface area contributed by atoms with E-state index < -0.39 is 5.97 Å². The molecule has 1 aromatic heterocycles. The number of nitrogens with one attached hydrogen (secondary N) is 1. The van der Waals surface area contributed by atoms with Gasteiger partial charge in [0, 0.05) is 49.2 Å². The second kappa shape index (κ2) is 11.9. The molecular formula is C38H33N3O4. The van der Waals surface area contributed by atoms with Gasteiger partial charge in [-0.2, -0.15) is 0 Å². The van der Waals surface area contributed by atoms with Gasteiger partial charge < -0.3 is 19.9 Å². The fourth-order valence-corrected chi connectivity index (χ4v) is 6.53. The van der Waals surface area contributed by atoms with E-state index in [0.29, 0.717) is 31.6 Å². The molecule has 224 valence electrons. The number of aromatic carboxylic acids is 1. The maximum Gasteiger partial charge on any atom is 0.335 e. The number of rotatable bonds is 8. The van der Waals surface area contributed by atoms with E-state index in [0.717, 1.165) is 39.9 Å². The number of carboxylic acids is 1. The van der Waals surface area contributed by atoms with Crippen LogP contribution in [0.25, 0.3) is 16.8 Å². The lowest BCUT2D eigenvalue weighted by atomic mass is 9.87. The van der Waals surface area contributed by atoms with Gasteiger partial charge in [-0.1, -0.05) is 60.7 Å². The summed E-state index contributed by atoms with van der Waals surface area (Å²) in [4.78, 5) is 40.6. The zero-order chi connectivity index (χ0) is 30.9. The molecular weight excluding hydrogens is 562 g/mol. The number of hydrogen-bond acceptors (Lipinski definition) is 3. The van der Waals surface area contributed by atoms with Crippen molar-refractivity contribution in [3.05, 3.63) is 149 Å². The molecule has 1 fully saturated rings. The Hall–Kier alpha value is -5.43. The zero-order valence-corrected chi connectivity index (χ0v) is 24.7. The van der Waals surface area contributed by atoms with E-state index in [1.54, 1.807) is 18.2 Å². The summed E-state index contributed by atoms with van der Waals surface area (Å²) in [5.41, 5.74) is 7.79. The van der Waals surface area contributed by atoms with Gasteiger partial charge in [0.25, 0.3) is 5.91 Å². The zero-order valence-electron chi connectivity index (χ0n) is 24.7. The molecule has 0 radical (unpaired) electrons. The average Bonchev–Trinajstić information content (AvgIpc) is 3.70. The SMILES string of the molecule is O=C(O)c1cccc(-c2ccc(CNC(=O)[C@@H]3C[C@@H]3c3ccccc3)c3c2CCN(C(=O)c2cccc(-n4cccc4)c2)C3)c1. The predicted octanol–water partition coefficient (Wildman–Crippen LogP) is 6.46. The van der Waals surface area contributed by atoms with Crippen molar-refractivity contribution >= 4 is 17.8 Å². The highest BCUT2D eigenvalue weighted by molar-refractivity contribution is 5.95. The Bertz CT molecular complexity index is 1900. The van der Waals surface area contributed by atoms with Gasteiger partial charge in [-0.25, -0.2) is 4.79 Å². The minimum Gasteiger partial charge on any atom is -0.478 e. The Morgan fingerprint density at radius 3 is 2.38 bits per heavy atom. The van der Waals surface area contributed by atoms with Crippen molar-refractivity contribution in [1.82, 2.24) is 14.8 Å². The molecule has 2 N–H and O–H groups in total. The van der Waals surface area contributed by atoms with Crippen molar-refractivity contribution in [3.63, 3.8) is 0 Å². The molecule has 2 atom stereocenters. The van der Waals surface area contributed by atoms with Gasteiger partial charge in [-0.05, 0) is 94.6 Å². The quantitative estimate of drug-likeness (QED) is 0.215. The summed E-state index contributed by atoms with van der Waals surface area (Å²) in [5, 5.41) is 12.8. The van der Waals surface area contributed by atoms with Crippen molar-refractivity contribution in [2.24, 2.45) is 5.92 Å². The second-order valence-electron chi connectivity index (χ2n) is 11.8. The smallest absolute Gasteiger partial charge is 0.335 e. The summed E-state index contributed by atoms with van der Waals surface area (Å²) < 4.78 is 1.98. The fraction of sp³-hybridized carbons (Fsp3) is 0.184. The van der Waals surface area contributed by atoms with Crippen molar-refractivity contribution in [2.75, 3.05) is 6.54 Å². The van der Waals surface area contributed by atoms with Gasteiger partial charge in [-0.15, -0.1) is 0 Å². The predicted molar refractivity (Wildman–Crippen MR) is 172 cm³/mol. The number of carboxylic acid groups (broad SMARTS) is 1. The summed E-state index contributed by atoms with van der Waals surface area (Å²) in [7, 11) is 0. The molecule has 0 saturated heterocycles. The van der Waals surface area contributed by atoms with E-state index in [9.17, 15) is 19.5 Å². The third kappa shape index (κ3) is 5.77. The number of fused-ring (bicyclic) bond motifs is 1. The maximum absolute atomic E-state index is 13.8. The van der Waals surface area contributed by atoms with Gasteiger partial charge in [0.1, 0.15) is 0 Å². The third-order valence-corrected chi connectivity index (χ3v) is 9.02. The van der Waals surface area contributed by atoms with Crippen LogP contribution in [0.4, 0.5) is 0 Å². The lowest BCUT2D eigenvalue weighted by Crippen LogP contribution is -2.37. The molecule has 1 aliphatic heterocycles. The van der Waals surface area contributed by atoms with Crippen LogP contribution in [0.15, 0.2) is 116 Å². The molecule has 7 heteroatoms. The normalized spacial score (nSPS) is 16.9. The van der Waals surface area contributed by atoms with Crippen LogP contribution in [-0.2, 0) is 24.3 Å². The van der Waals surface area contributed by atoms with Crippen molar-refractivity contribution in [1.29, 1.82) is 0 Å². The second-order valence-corrected chi connectivity index (χ2v) is 11.8. The molecule has 45 heavy (non-hydrogen) atoms. The van der Waals surface area contributed by atoms with Crippen LogP contribution in [0, 0.1) is 5.92 Å². The number of carbonyl (C=O) groups is 3. The molecule has 2 heterocycles. The van der Waals surface area contributed by atoms with Crippen molar-refractivity contribution < 1.29 is 19.5 Å². The van der Waals surface area contributed by atoms with E-state index in [1.165, 1.54) is 5.56 Å². The fourth-order valence-electron chi connectivity index (χ4n) is 6.53. The molecule has 2 amide bonds. The minimum atomic E-state index is -0.974. The van der Waals surface area contributed by atoms with E-state index in [-0.39, 0.29) is 29.2 Å². The van der Waals surface area contributed by atoms with E-state index >= 15 is 0 Å². The molecule has 1 aliphatic carbocycles. The van der Waals surface area contributed by atoms with Gasteiger partial charge in [0.05, 0.1) is 5.56 Å². The Balaban J connectivity index is 1.17. The Morgan fingerprint density at radius 1 is 0.800 bits per heavy atom. The van der Waals surface area contributed by atoms with E-state index in [1.807, 2.05) is 94.7 Å². The standard InChI is InChI=1S/C38H33N3O4/c42-36(34-22-33(34)25-8-2-1-3-9-25)39-23-29-14-15-31(26-10-6-12-28(20-26)38(44)45)32-16-19-41(24-35(29)32)37(43)27-11-7-13-30(21-27)40-17-4-5-18-40/h1-15,17-18,20-21,33-34H,16,19,22-24H2,(H,39,42)(H,44,45)/t33-,34-/m1/s1. The van der Waals surface area contributed by atoms with Gasteiger partial charge in [-0.3, -0.25) is 9.59 Å². The summed E-state index contributed by atoms with van der Waals surface area (Å²) in [6.07, 6.45) is 5.36. The van der Waals surface area contributed by atoms with Crippen LogP contribution in [-0.4, -0.2) is 38.9 Å². The molecule has 2 aliphatic rings. The summed E-state index contributed by atoms with van der Waals surface area (Å²) in [6, 6.07) is 32.7. The first-order chi connectivity index (χ1) is 22.0. The molecule has 0 spiro atoms. The topological polar surface area (TPSA) is 91.6 Å². The van der Waals surface area contributed by atoms with Crippen LogP contribution >= 0.6 is 0 Å². The molecule has 7 rings (SSSR count). The molecule has 0 unspecified atom stereocenters. The number of aromatic nitrogens is 1. The average molecular weight is 596 g/mol. The van der Waals surface area contributed by atoms with E-state index in [2.05, 4.69) is 17.4 Å². The first-order valence-corrected chi connectivity index (χ1v) is 15.3. The Kier molecular flexibility index (Phi) is 7.51. The third-order valence-electron chi connectivity index (χ3n) is 9.02. The Labute approximate surface area is 261 Å². The lowest BCUT2D eigenvalue weighted by molar-refractivity contribution is -0.122. The molecule has 0 bridgehead atoms. The van der Waals surface area contributed by atoms with Crippen LogP contribution in [0.3, 0.4) is 0 Å². The highest BCUT2D eigenvalue weighted by Gasteiger charge is 2.43. The number of hydrogen-bond donors (Lipinski definition) is 2. The number of amides is 2. The summed E-state index contributed by atoms with van der Waals surface area (Å²) in [5.74, 6) is -0.766. The highest BCUT2D eigenvalue weighted by Crippen LogP contribution is 2.47. The Morgan fingerprint density at radius 2 is 1.58 bits per heavy atom. The molecule has 4 aromatic carbocycles. The minimum absolute atomic E-state index is 0.0353. The van der Waals surface area contributed by atoms with Crippen molar-refractivity contribution in [2.45, 2.75) is 31.8 Å². The first-order valence-electron chi connectivity index (χ1n) is 15.3. The number of benzene rings is 4. The summed E-state index contributed by atoms with van der Waals surface area (Å²) in [6.45, 7) is 1.29. The maximum atomic E-state index is 13.8. The molecule has 5 aromatic rings. The molecule has 7 nitrogen and oxygen atoms in total. The monoisotopic (exact) mass is 595 g/mol. The van der Waals surface area contributed by atoms with Crippen LogP contribution in [0.5, 0.6) is 0 Å². The highest BCUT2D eigenvalue weighted by atomic mass is 16.4. The lowest BCUT2D eigenvalue weighted by Gasteiger charge is -2.32. The number of carbonyl (C=O) groups excluding carboxylic acids is 2. The van der Waals surface area contributed by atoms with Crippen LogP contribution < -0.4 is 5.32 Å².